The standard InChI is InChI=1S/C22H28F3N3O2.C2H3F3/c23-22(24,25)17-7-16-10-28(6-5-19(16)26-9-17)21(29)13-3-4-18(8-13)27-20-14-1-2-15(20)12-30-11-14;1-2(3,4)5/h7,9,13-15,18,20,27H,1-6,8,10-12H2;1H3/t13?,14?,15?,18-,20?;/m1./s1. The molecule has 2 aliphatic carbocycles. The van der Waals surface area contributed by atoms with Crippen molar-refractivity contribution >= 4 is 5.91 Å². The number of ether oxygens (including phenoxy) is 1. The number of nitrogens with one attached hydrogen (secondary N) is 1. The van der Waals surface area contributed by atoms with Crippen molar-refractivity contribution in [2.24, 2.45) is 17.8 Å². The minimum absolute atomic E-state index is 0.0414. The van der Waals surface area contributed by atoms with Crippen LogP contribution in [0.1, 0.15) is 55.8 Å². The van der Waals surface area contributed by atoms with E-state index >= 15 is 0 Å². The first-order valence-electron chi connectivity index (χ1n) is 12.1. The Morgan fingerprint density at radius 1 is 1.09 bits per heavy atom. The van der Waals surface area contributed by atoms with Gasteiger partial charge in [0.1, 0.15) is 0 Å². The minimum Gasteiger partial charge on any atom is -0.381 e. The molecule has 0 radical (unpaired) electrons. The van der Waals surface area contributed by atoms with E-state index in [0.29, 0.717) is 48.1 Å². The maximum absolute atomic E-state index is 13.1. The zero-order chi connectivity index (χ0) is 25.4. The molecule has 1 saturated heterocycles. The lowest BCUT2D eigenvalue weighted by molar-refractivity contribution is -0.138. The van der Waals surface area contributed by atoms with E-state index < -0.39 is 17.9 Å². The number of halogens is 6. The maximum atomic E-state index is 13.1. The minimum atomic E-state index is -4.41. The fourth-order valence-corrected chi connectivity index (χ4v) is 5.85. The number of alkyl halides is 6. The summed E-state index contributed by atoms with van der Waals surface area (Å²) in [7, 11) is 0. The van der Waals surface area contributed by atoms with E-state index in [1.54, 1.807) is 4.90 Å². The smallest absolute Gasteiger partial charge is 0.381 e. The molecule has 1 aromatic rings. The fourth-order valence-electron chi connectivity index (χ4n) is 5.85. The summed E-state index contributed by atoms with van der Waals surface area (Å²) in [4.78, 5) is 18.8. The first-order chi connectivity index (χ1) is 16.4. The van der Waals surface area contributed by atoms with Gasteiger partial charge in [-0.25, -0.2) is 0 Å². The quantitative estimate of drug-likeness (QED) is 0.601. The monoisotopic (exact) mass is 507 g/mol. The SMILES string of the molecule is CC(F)(F)F.O=C(C1CC[C@@H](NC2C3CCC2COC3)C1)N1CCc2ncc(C(F)(F)F)cc2C1. The molecule has 4 aliphatic rings. The lowest BCUT2D eigenvalue weighted by atomic mass is 9.95. The molecule has 196 valence electrons. The van der Waals surface area contributed by atoms with Crippen LogP contribution in [0, 0.1) is 17.8 Å². The van der Waals surface area contributed by atoms with Gasteiger partial charge >= 0.3 is 12.4 Å². The number of amides is 1. The molecule has 35 heavy (non-hydrogen) atoms. The molecule has 11 heteroatoms. The van der Waals surface area contributed by atoms with Crippen molar-refractivity contribution in [2.45, 2.75) is 76.4 Å². The Hall–Kier alpha value is -1.88. The zero-order valence-electron chi connectivity index (χ0n) is 19.6. The molecule has 5 nitrogen and oxygen atoms in total. The van der Waals surface area contributed by atoms with Gasteiger partial charge in [0.05, 0.1) is 18.8 Å². The van der Waals surface area contributed by atoms with Crippen molar-refractivity contribution in [3.05, 3.63) is 29.1 Å². The van der Waals surface area contributed by atoms with Gasteiger partial charge in [-0.2, -0.15) is 26.3 Å². The number of carbonyl (C=O) groups is 1. The molecule has 1 amide bonds. The molecule has 5 rings (SSSR count). The summed E-state index contributed by atoms with van der Waals surface area (Å²) >= 11 is 0. The van der Waals surface area contributed by atoms with E-state index in [1.165, 1.54) is 12.8 Å². The topological polar surface area (TPSA) is 54.5 Å². The summed E-state index contributed by atoms with van der Waals surface area (Å²) in [6, 6.07) is 2.01. The van der Waals surface area contributed by atoms with Gasteiger partial charge in [0, 0.05) is 56.3 Å². The lowest BCUT2D eigenvalue weighted by Crippen LogP contribution is -2.48. The Balaban J connectivity index is 0.000000527. The lowest BCUT2D eigenvalue weighted by Gasteiger charge is -2.33. The number of fused-ring (bicyclic) bond motifs is 3. The third-order valence-electron chi connectivity index (χ3n) is 7.48. The van der Waals surface area contributed by atoms with Crippen molar-refractivity contribution in [1.29, 1.82) is 0 Å². The number of nitrogens with zero attached hydrogens (tertiary/aromatic N) is 2. The van der Waals surface area contributed by atoms with Crippen molar-refractivity contribution in [3.8, 4) is 0 Å². The molecule has 0 spiro atoms. The second-order valence-electron chi connectivity index (χ2n) is 10.2. The molecule has 4 atom stereocenters. The Morgan fingerprint density at radius 2 is 1.74 bits per heavy atom. The first-order valence-corrected chi connectivity index (χ1v) is 12.1. The van der Waals surface area contributed by atoms with Crippen molar-refractivity contribution in [3.63, 3.8) is 0 Å². The molecule has 1 aromatic heterocycles. The summed E-state index contributed by atoms with van der Waals surface area (Å²) in [5, 5.41) is 3.82. The summed E-state index contributed by atoms with van der Waals surface area (Å²) in [5.74, 6) is 1.22. The van der Waals surface area contributed by atoms with Crippen molar-refractivity contribution < 1.29 is 35.9 Å². The summed E-state index contributed by atoms with van der Waals surface area (Å²) in [6.07, 6.45) is -1.91. The molecule has 2 bridgehead atoms. The van der Waals surface area contributed by atoms with Crippen molar-refractivity contribution in [2.75, 3.05) is 19.8 Å². The van der Waals surface area contributed by atoms with E-state index in [-0.39, 0.29) is 25.3 Å². The summed E-state index contributed by atoms with van der Waals surface area (Å²) < 4.78 is 75.8. The summed E-state index contributed by atoms with van der Waals surface area (Å²) in [5.41, 5.74) is 0.454. The molecule has 3 heterocycles. The van der Waals surface area contributed by atoms with Crippen LogP contribution in [0.5, 0.6) is 0 Å². The van der Waals surface area contributed by atoms with E-state index in [4.69, 9.17) is 4.74 Å². The van der Waals surface area contributed by atoms with Crippen molar-refractivity contribution in [1.82, 2.24) is 15.2 Å². The highest BCUT2D eigenvalue weighted by atomic mass is 19.4. The third kappa shape index (κ3) is 6.67. The average Bonchev–Trinajstić information content (AvgIpc) is 3.31. The number of rotatable bonds is 3. The van der Waals surface area contributed by atoms with E-state index in [0.717, 1.165) is 44.7 Å². The van der Waals surface area contributed by atoms with Crippen LogP contribution in [0.3, 0.4) is 0 Å². The highest BCUT2D eigenvalue weighted by Crippen LogP contribution is 2.38. The van der Waals surface area contributed by atoms with Crippen LogP contribution < -0.4 is 5.32 Å². The van der Waals surface area contributed by atoms with Crippen LogP contribution in [0.25, 0.3) is 0 Å². The van der Waals surface area contributed by atoms with Crippen LogP contribution in [-0.2, 0) is 28.7 Å². The predicted octanol–water partition coefficient (Wildman–Crippen LogP) is 4.74. The number of carbonyl (C=O) groups excluding carboxylic acids is 1. The molecule has 1 N–H and O–H groups in total. The Kier molecular flexibility index (Phi) is 7.66. The van der Waals surface area contributed by atoms with Crippen LogP contribution in [0.4, 0.5) is 26.3 Å². The van der Waals surface area contributed by atoms with E-state index in [2.05, 4.69) is 10.3 Å². The normalized spacial score (nSPS) is 30.5. The van der Waals surface area contributed by atoms with Gasteiger partial charge in [-0.15, -0.1) is 0 Å². The number of pyridine rings is 1. The average molecular weight is 508 g/mol. The number of aromatic nitrogens is 1. The highest BCUT2D eigenvalue weighted by molar-refractivity contribution is 5.79. The van der Waals surface area contributed by atoms with E-state index in [9.17, 15) is 31.1 Å². The first kappa shape index (κ1) is 26.2. The van der Waals surface area contributed by atoms with Gasteiger partial charge in [0.25, 0.3) is 0 Å². The largest absolute Gasteiger partial charge is 0.417 e. The Morgan fingerprint density at radius 3 is 2.37 bits per heavy atom. The van der Waals surface area contributed by atoms with Crippen LogP contribution in [-0.4, -0.2) is 53.8 Å². The van der Waals surface area contributed by atoms with Gasteiger partial charge < -0.3 is 15.0 Å². The van der Waals surface area contributed by atoms with Crippen LogP contribution in [0.15, 0.2) is 12.3 Å². The van der Waals surface area contributed by atoms with E-state index in [1.807, 2.05) is 0 Å². The molecule has 2 aliphatic heterocycles. The van der Waals surface area contributed by atoms with Gasteiger partial charge in [-0.05, 0) is 55.6 Å². The second-order valence-corrected chi connectivity index (χ2v) is 10.2. The van der Waals surface area contributed by atoms with Gasteiger partial charge in [0.2, 0.25) is 5.91 Å². The molecule has 2 saturated carbocycles. The molecule has 0 aromatic carbocycles. The van der Waals surface area contributed by atoms with Gasteiger partial charge in [0.15, 0.2) is 0 Å². The highest BCUT2D eigenvalue weighted by Gasteiger charge is 2.42. The van der Waals surface area contributed by atoms with Gasteiger partial charge in [-0.1, -0.05) is 0 Å². The Bertz CT molecular complexity index is 884. The molecular weight excluding hydrogens is 476 g/mol. The zero-order valence-corrected chi connectivity index (χ0v) is 19.6. The van der Waals surface area contributed by atoms with Crippen LogP contribution >= 0.6 is 0 Å². The van der Waals surface area contributed by atoms with Crippen LogP contribution in [0.2, 0.25) is 0 Å². The summed E-state index contributed by atoms with van der Waals surface area (Å²) in [6.45, 7) is 2.62. The second kappa shape index (κ2) is 10.2. The molecule has 3 unspecified atom stereocenters. The predicted molar refractivity (Wildman–Crippen MR) is 115 cm³/mol. The molecular formula is C24H31F6N3O2. The Labute approximate surface area is 200 Å². The number of hydrogen-bond acceptors (Lipinski definition) is 4. The molecule has 3 fully saturated rings. The number of hydrogen-bond donors (Lipinski definition) is 1. The maximum Gasteiger partial charge on any atom is 0.417 e. The third-order valence-corrected chi connectivity index (χ3v) is 7.48. The van der Waals surface area contributed by atoms with Gasteiger partial charge in [-0.3, -0.25) is 9.78 Å². The fraction of sp³-hybridized carbons (Fsp3) is 0.750.